The molecule has 0 amide bonds. The predicted octanol–water partition coefficient (Wildman–Crippen LogP) is 5.45. The minimum absolute atomic E-state index is 0.0667. The third kappa shape index (κ3) is 6.24. The maximum absolute atomic E-state index is 14.1. The number of hydrogen-bond acceptors (Lipinski definition) is 7. The van der Waals surface area contributed by atoms with Gasteiger partial charge in [-0.3, -0.25) is 4.98 Å². The quantitative estimate of drug-likeness (QED) is 0.134. The van der Waals surface area contributed by atoms with E-state index in [0.29, 0.717) is 45.9 Å². The number of hydrogen-bond donors (Lipinski definition) is 0. The van der Waals surface area contributed by atoms with E-state index in [-0.39, 0.29) is 39.2 Å². The first-order chi connectivity index (χ1) is 22.6. The molecule has 3 heterocycles. The Kier molecular flexibility index (Phi) is 8.50. The zero-order valence-corrected chi connectivity index (χ0v) is 26.4. The molecule has 0 spiro atoms. The van der Waals surface area contributed by atoms with Gasteiger partial charge in [-0.2, -0.15) is 0 Å². The summed E-state index contributed by atoms with van der Waals surface area (Å²) in [5.41, 5.74) is 3.79. The van der Waals surface area contributed by atoms with Gasteiger partial charge in [0.2, 0.25) is 0 Å². The monoisotopic (exact) mass is 672 g/mol. The summed E-state index contributed by atoms with van der Waals surface area (Å²) in [7, 11) is 0. The summed E-state index contributed by atoms with van der Waals surface area (Å²) in [6, 6.07) is 33.7. The number of fused-ring (bicyclic) bond motifs is 1. The molecule has 0 fully saturated rings. The van der Waals surface area contributed by atoms with Crippen molar-refractivity contribution in [3.63, 3.8) is 0 Å². The number of rotatable bonds is 11. The van der Waals surface area contributed by atoms with Crippen LogP contribution in [0.2, 0.25) is 5.32 Å². The third-order valence-electron chi connectivity index (χ3n) is 7.62. The average molecular weight is 672 g/mol. The fraction of sp³-hybridized carbons (Fsp3) is 0.108. The van der Waals surface area contributed by atoms with E-state index in [9.17, 15) is 9.59 Å². The van der Waals surface area contributed by atoms with Crippen molar-refractivity contribution in [2.45, 2.75) is 24.5 Å². The van der Waals surface area contributed by atoms with Crippen LogP contribution < -0.4 is 13.9 Å². The average Bonchev–Trinajstić information content (AvgIpc) is 3.78. The van der Waals surface area contributed by atoms with Gasteiger partial charge in [0.05, 0.1) is 0 Å². The van der Waals surface area contributed by atoms with Gasteiger partial charge in [-0.15, -0.1) is 0 Å². The van der Waals surface area contributed by atoms with Gasteiger partial charge in [0, 0.05) is 12.4 Å². The van der Waals surface area contributed by atoms with E-state index < -0.39 is 0 Å². The van der Waals surface area contributed by atoms with Crippen LogP contribution in [-0.2, 0) is 13.0 Å². The molecular weight excluding hydrogens is 643 g/mol. The summed E-state index contributed by atoms with van der Waals surface area (Å²) in [4.78, 5) is 32.1. The van der Waals surface area contributed by atoms with E-state index in [4.69, 9.17) is 9.47 Å². The number of carbonyl (C=O) groups is 2. The predicted molar refractivity (Wildman–Crippen MR) is 174 cm³/mol. The molecule has 2 aromatic heterocycles. The molecule has 0 radical (unpaired) electrons. The molecular formula is C37H28N4O4Se. The number of aromatic nitrogens is 4. The van der Waals surface area contributed by atoms with E-state index in [0.717, 1.165) is 16.6 Å². The second kappa shape index (κ2) is 13.3. The summed E-state index contributed by atoms with van der Waals surface area (Å²) in [5, 5.41) is 9.33. The zero-order valence-electron chi connectivity index (χ0n) is 24.7. The molecule has 0 N–H and O–H groups in total. The molecule has 7 rings (SSSR count). The number of benzene rings is 4. The van der Waals surface area contributed by atoms with Crippen molar-refractivity contribution in [3.05, 3.63) is 161 Å². The second-order valence-electron chi connectivity index (χ2n) is 10.7. The Labute approximate surface area is 272 Å². The molecule has 1 aliphatic rings. The van der Waals surface area contributed by atoms with Gasteiger partial charge in [0.15, 0.2) is 0 Å². The fourth-order valence-corrected chi connectivity index (χ4v) is 7.30. The molecule has 226 valence electrons. The van der Waals surface area contributed by atoms with Crippen molar-refractivity contribution in [2.24, 2.45) is 0 Å². The molecule has 46 heavy (non-hydrogen) atoms. The van der Waals surface area contributed by atoms with E-state index in [1.807, 2.05) is 66.7 Å². The maximum atomic E-state index is 14.1. The molecule has 8 nitrogen and oxygen atoms in total. The van der Waals surface area contributed by atoms with Crippen LogP contribution in [0.1, 0.15) is 43.1 Å². The van der Waals surface area contributed by atoms with Crippen molar-refractivity contribution < 1.29 is 19.1 Å². The summed E-state index contributed by atoms with van der Waals surface area (Å²) in [5.74, 6) is 0.433. The van der Waals surface area contributed by atoms with Gasteiger partial charge in [-0.25, -0.2) is 0 Å². The first-order valence-electron chi connectivity index (χ1n) is 14.8. The SMILES string of the molecule is O=C(c1ccccc1)c1cc(C(=O)c2ccccc2)c2c(c1OCc1cn(-c3ccncc3)nn1)CC(C[Se]c1ccccc1)O2. The first kappa shape index (κ1) is 29.3. The van der Waals surface area contributed by atoms with Gasteiger partial charge in [0.1, 0.15) is 0 Å². The zero-order chi connectivity index (χ0) is 31.3. The summed E-state index contributed by atoms with van der Waals surface area (Å²) in [6.45, 7) is 0.0667. The van der Waals surface area contributed by atoms with E-state index in [2.05, 4.69) is 27.4 Å². The number of nitrogens with zero attached hydrogens (tertiary/aromatic N) is 4. The summed E-state index contributed by atoms with van der Waals surface area (Å²) >= 11 is 0.159. The van der Waals surface area contributed by atoms with Crippen molar-refractivity contribution in [3.8, 4) is 17.2 Å². The number of ether oxygens (including phenoxy) is 2. The van der Waals surface area contributed by atoms with Crippen molar-refractivity contribution >= 4 is 31.0 Å². The van der Waals surface area contributed by atoms with Crippen LogP contribution in [0.4, 0.5) is 0 Å². The van der Waals surface area contributed by atoms with Crippen LogP contribution in [0.5, 0.6) is 11.5 Å². The first-order valence-corrected chi connectivity index (χ1v) is 16.9. The molecule has 0 saturated heterocycles. The van der Waals surface area contributed by atoms with Gasteiger partial charge < -0.3 is 0 Å². The molecule has 4 aromatic carbocycles. The van der Waals surface area contributed by atoms with Gasteiger partial charge in [0.25, 0.3) is 0 Å². The Bertz CT molecular complexity index is 1980. The minimum atomic E-state index is -0.238. The van der Waals surface area contributed by atoms with Crippen LogP contribution in [0.15, 0.2) is 128 Å². The normalized spacial score (nSPS) is 13.5. The van der Waals surface area contributed by atoms with Crippen LogP contribution >= 0.6 is 0 Å². The van der Waals surface area contributed by atoms with E-state index in [1.54, 1.807) is 53.6 Å². The van der Waals surface area contributed by atoms with E-state index >= 15 is 0 Å². The van der Waals surface area contributed by atoms with Crippen molar-refractivity contribution in [2.75, 3.05) is 0 Å². The molecule has 0 bridgehead atoms. The number of ketones is 2. The molecule has 9 heteroatoms. The van der Waals surface area contributed by atoms with Crippen molar-refractivity contribution in [1.82, 2.24) is 20.0 Å². The summed E-state index contributed by atoms with van der Waals surface area (Å²) in [6.07, 6.45) is 5.49. The Morgan fingerprint density at radius 1 is 0.826 bits per heavy atom. The third-order valence-corrected chi connectivity index (χ3v) is 10.0. The molecule has 1 unspecified atom stereocenters. The van der Waals surface area contributed by atoms with Gasteiger partial charge >= 0.3 is 256 Å². The Morgan fingerprint density at radius 2 is 1.46 bits per heavy atom. The molecule has 6 aromatic rings. The van der Waals surface area contributed by atoms with E-state index in [1.165, 1.54) is 4.46 Å². The number of carbonyl (C=O) groups excluding carboxylic acids is 2. The van der Waals surface area contributed by atoms with Crippen LogP contribution in [0, 0.1) is 0 Å². The van der Waals surface area contributed by atoms with Crippen LogP contribution in [0.25, 0.3) is 5.69 Å². The van der Waals surface area contributed by atoms with Crippen LogP contribution in [-0.4, -0.2) is 52.6 Å². The molecule has 0 aliphatic carbocycles. The Hall–Kier alpha value is -5.37. The van der Waals surface area contributed by atoms with Crippen LogP contribution in [0.3, 0.4) is 0 Å². The summed E-state index contributed by atoms with van der Waals surface area (Å²) < 4.78 is 16.0. The molecule has 0 saturated carbocycles. The topological polar surface area (TPSA) is 96.2 Å². The van der Waals surface area contributed by atoms with Gasteiger partial charge in [-0.05, 0) is 0 Å². The Balaban J connectivity index is 1.28. The Morgan fingerprint density at radius 3 is 2.13 bits per heavy atom. The fourth-order valence-electron chi connectivity index (χ4n) is 5.38. The standard InChI is InChI=1S/C37H28N4O4Se/c42-34(25-10-4-1-5-11-25)31-21-32(35(43)26-12-6-2-7-13-26)37-33(20-29(45-37)24-46-30-14-8-3-9-15-30)36(31)44-23-27-22-41(40-39-27)28-16-18-38-19-17-28/h1-19,21-22,29H,20,23-24H2. The molecule has 1 atom stereocenters. The second-order valence-corrected chi connectivity index (χ2v) is 13.0. The van der Waals surface area contributed by atoms with Gasteiger partial charge in [-0.1, -0.05) is 0 Å². The van der Waals surface area contributed by atoms with Crippen molar-refractivity contribution in [1.29, 1.82) is 0 Å². The number of pyridine rings is 1. The molecule has 1 aliphatic heterocycles.